The molecule has 178 valence electrons. The third kappa shape index (κ3) is 3.99. The van der Waals surface area contributed by atoms with Gasteiger partial charge in [0.2, 0.25) is 0 Å². The first-order valence-electron chi connectivity index (χ1n) is 12.3. The first-order valence-corrected chi connectivity index (χ1v) is 12.3. The summed E-state index contributed by atoms with van der Waals surface area (Å²) in [6, 6.07) is 6.13. The van der Waals surface area contributed by atoms with Gasteiger partial charge in [0, 0.05) is 43.0 Å². The van der Waals surface area contributed by atoms with E-state index in [1.807, 2.05) is 29.0 Å². The molecule has 34 heavy (non-hydrogen) atoms. The van der Waals surface area contributed by atoms with E-state index < -0.39 is 0 Å². The zero-order chi connectivity index (χ0) is 23.1. The lowest BCUT2D eigenvalue weighted by atomic mass is 9.81. The molecule has 1 saturated carbocycles. The molecule has 1 aliphatic heterocycles. The van der Waals surface area contributed by atoms with Gasteiger partial charge in [0.15, 0.2) is 5.65 Å². The molecule has 4 N–H and O–H groups in total. The number of fused-ring (bicyclic) bond motifs is 2. The average molecular weight is 461 g/mol. The third-order valence-corrected chi connectivity index (χ3v) is 7.36. The molecule has 9 heteroatoms. The Morgan fingerprint density at radius 1 is 1.18 bits per heavy atom. The molecule has 5 heterocycles. The number of β-amino-alcohol motifs (C(OH)–C–C–N with tert-alkyl or cyclic N) is 1. The number of pyridine rings is 1. The van der Waals surface area contributed by atoms with Crippen LogP contribution < -0.4 is 16.0 Å². The minimum atomic E-state index is -0.332. The quantitative estimate of drug-likeness (QED) is 0.336. The third-order valence-electron chi connectivity index (χ3n) is 7.36. The maximum absolute atomic E-state index is 10.3. The molecule has 9 nitrogen and oxygen atoms in total. The van der Waals surface area contributed by atoms with Crippen molar-refractivity contribution in [2.75, 3.05) is 30.3 Å². The second-order valence-electron chi connectivity index (χ2n) is 9.70. The largest absolute Gasteiger partial charge is 0.391 e. The molecule has 0 aromatic carbocycles. The van der Waals surface area contributed by atoms with Crippen LogP contribution in [0.1, 0.15) is 48.4 Å². The number of aromatic nitrogens is 5. The van der Waals surface area contributed by atoms with Crippen LogP contribution in [0.5, 0.6) is 0 Å². The molecule has 0 radical (unpaired) electrons. The van der Waals surface area contributed by atoms with Gasteiger partial charge in [-0.05, 0) is 50.3 Å². The zero-order valence-electron chi connectivity index (χ0n) is 19.5. The number of nitrogens with one attached hydrogen (secondary N) is 3. The molecule has 4 aromatic heterocycles. The fourth-order valence-corrected chi connectivity index (χ4v) is 5.04. The zero-order valence-corrected chi connectivity index (χ0v) is 19.5. The smallest absolute Gasteiger partial charge is 0.163 e. The van der Waals surface area contributed by atoms with Gasteiger partial charge in [0.05, 0.1) is 24.5 Å². The summed E-state index contributed by atoms with van der Waals surface area (Å²) in [7, 11) is 0. The highest BCUT2D eigenvalue weighted by Gasteiger charge is 2.26. The molecule has 0 amide bonds. The van der Waals surface area contributed by atoms with Gasteiger partial charge in [0.1, 0.15) is 17.3 Å². The maximum Gasteiger partial charge on any atom is 0.163 e. The monoisotopic (exact) mass is 460 g/mol. The average Bonchev–Trinajstić information content (AvgIpc) is 3.41. The van der Waals surface area contributed by atoms with E-state index in [9.17, 15) is 5.11 Å². The van der Waals surface area contributed by atoms with Crippen LogP contribution in [0.2, 0.25) is 0 Å². The van der Waals surface area contributed by atoms with Gasteiger partial charge in [0.25, 0.3) is 0 Å². The van der Waals surface area contributed by atoms with Crippen LogP contribution >= 0.6 is 0 Å². The first kappa shape index (κ1) is 21.4. The van der Waals surface area contributed by atoms with Gasteiger partial charge in [-0.15, -0.1) is 0 Å². The predicted molar refractivity (Wildman–Crippen MR) is 132 cm³/mol. The highest BCUT2D eigenvalue weighted by Crippen LogP contribution is 2.38. The van der Waals surface area contributed by atoms with E-state index in [0.717, 1.165) is 47.2 Å². The summed E-state index contributed by atoms with van der Waals surface area (Å²) in [5.41, 5.74) is 5.24. The van der Waals surface area contributed by atoms with Crippen molar-refractivity contribution in [3.8, 4) is 0 Å². The molecule has 2 aliphatic rings. The number of hydrogen-bond donors (Lipinski definition) is 4. The van der Waals surface area contributed by atoms with E-state index in [2.05, 4.69) is 44.6 Å². The van der Waals surface area contributed by atoms with Crippen molar-refractivity contribution < 1.29 is 5.11 Å². The van der Waals surface area contributed by atoms with Gasteiger partial charge in [-0.3, -0.25) is 0 Å². The van der Waals surface area contributed by atoms with Crippen molar-refractivity contribution >= 4 is 22.9 Å². The Morgan fingerprint density at radius 3 is 2.88 bits per heavy atom. The number of imidazole rings is 1. The molecule has 2 fully saturated rings. The molecular formula is C25H32N8O. The Labute approximate surface area is 198 Å². The number of aryl methyl sites for hydroxylation is 1. The molecular weight excluding hydrogens is 428 g/mol. The Morgan fingerprint density at radius 2 is 2.09 bits per heavy atom. The van der Waals surface area contributed by atoms with E-state index in [1.165, 1.54) is 24.8 Å². The van der Waals surface area contributed by atoms with Crippen LogP contribution in [0.25, 0.3) is 11.3 Å². The summed E-state index contributed by atoms with van der Waals surface area (Å²) in [5, 5.41) is 25.3. The number of aliphatic hydroxyl groups excluding tert-OH is 1. The Balaban J connectivity index is 1.28. The molecule has 1 saturated heterocycles. The van der Waals surface area contributed by atoms with E-state index in [1.54, 1.807) is 0 Å². The molecule has 6 rings (SSSR count). The molecule has 4 aromatic rings. The van der Waals surface area contributed by atoms with Gasteiger partial charge in [-0.1, -0.05) is 12.5 Å². The van der Waals surface area contributed by atoms with Crippen molar-refractivity contribution in [2.45, 2.75) is 51.2 Å². The van der Waals surface area contributed by atoms with Crippen molar-refractivity contribution in [3.05, 3.63) is 53.6 Å². The number of hydrogen-bond acceptors (Lipinski definition) is 7. The molecule has 2 atom stereocenters. The van der Waals surface area contributed by atoms with Crippen molar-refractivity contribution in [1.29, 1.82) is 0 Å². The first-order chi connectivity index (χ1) is 16.7. The van der Waals surface area contributed by atoms with Crippen LogP contribution in [0.3, 0.4) is 0 Å². The number of rotatable bonds is 7. The fourth-order valence-electron chi connectivity index (χ4n) is 5.04. The van der Waals surface area contributed by atoms with E-state index in [0.29, 0.717) is 25.6 Å². The van der Waals surface area contributed by atoms with Gasteiger partial charge < -0.3 is 25.5 Å². The lowest BCUT2D eigenvalue weighted by molar-refractivity contribution is 0.0883. The van der Waals surface area contributed by atoms with E-state index in [4.69, 9.17) is 9.97 Å². The summed E-state index contributed by atoms with van der Waals surface area (Å²) in [6.45, 7) is 4.96. The molecule has 0 bridgehead atoms. The van der Waals surface area contributed by atoms with Gasteiger partial charge in [-0.2, -0.15) is 9.61 Å². The molecule has 0 spiro atoms. The van der Waals surface area contributed by atoms with Crippen LogP contribution in [-0.4, -0.2) is 54.8 Å². The van der Waals surface area contributed by atoms with E-state index >= 15 is 0 Å². The molecule has 0 unspecified atom stereocenters. The number of piperidine rings is 1. The topological polar surface area (TPSA) is 104 Å². The normalized spacial score (nSPS) is 21.1. The number of anilines is 2. The van der Waals surface area contributed by atoms with Crippen molar-refractivity contribution in [3.63, 3.8) is 0 Å². The fraction of sp³-hybridized carbons (Fsp3) is 0.480. The van der Waals surface area contributed by atoms with Crippen LogP contribution in [-0.2, 0) is 6.54 Å². The minimum Gasteiger partial charge on any atom is -0.391 e. The lowest BCUT2D eigenvalue weighted by Crippen LogP contribution is -2.43. The standard InChI is InChI=1S/C25H32N8O/c1-16-4-3-9-32-15-19(30-24(16)32)12-28-23-10-22(27-11-18-7-8-26-14-21(18)34)31-25-20(13-29-33(23)25)17-5-2-6-17/h3-4,9-10,13,15,17-18,21,26,28,34H,2,5-8,11-12,14H2,1H3,(H,27,31)/t18-,21+/m1/s1. The highest BCUT2D eigenvalue weighted by molar-refractivity contribution is 5.61. The van der Waals surface area contributed by atoms with Gasteiger partial charge in [-0.25, -0.2) is 9.97 Å². The SMILES string of the molecule is Cc1cccn2cc(CNc3cc(NC[C@H]4CCNC[C@@H]4O)nc4c(C5CCC5)cnn34)nc12. The second kappa shape index (κ2) is 8.88. The summed E-state index contributed by atoms with van der Waals surface area (Å²) in [5.74, 6) is 2.46. The van der Waals surface area contributed by atoms with Gasteiger partial charge >= 0.3 is 0 Å². The second-order valence-corrected chi connectivity index (χ2v) is 9.70. The number of nitrogens with zero attached hydrogens (tertiary/aromatic N) is 5. The Hall–Kier alpha value is -3.17. The lowest BCUT2D eigenvalue weighted by Gasteiger charge is -2.28. The Kier molecular flexibility index (Phi) is 5.58. The predicted octanol–water partition coefficient (Wildman–Crippen LogP) is 2.95. The summed E-state index contributed by atoms with van der Waals surface area (Å²) >= 11 is 0. The highest BCUT2D eigenvalue weighted by atomic mass is 16.3. The van der Waals surface area contributed by atoms with Crippen LogP contribution in [0.4, 0.5) is 11.6 Å². The van der Waals surface area contributed by atoms with E-state index in [-0.39, 0.29) is 12.0 Å². The van der Waals surface area contributed by atoms with Crippen molar-refractivity contribution in [1.82, 2.24) is 29.3 Å². The maximum atomic E-state index is 10.3. The summed E-state index contributed by atoms with van der Waals surface area (Å²) < 4.78 is 3.98. The summed E-state index contributed by atoms with van der Waals surface area (Å²) in [4.78, 5) is 9.74. The van der Waals surface area contributed by atoms with Crippen molar-refractivity contribution in [2.24, 2.45) is 5.92 Å². The van der Waals surface area contributed by atoms with Crippen LogP contribution in [0.15, 0.2) is 36.8 Å². The number of aliphatic hydroxyl groups is 1. The summed E-state index contributed by atoms with van der Waals surface area (Å²) in [6.07, 6.45) is 10.4. The van der Waals surface area contributed by atoms with Crippen LogP contribution in [0, 0.1) is 12.8 Å². The Bertz CT molecular complexity index is 1310. The minimum absolute atomic E-state index is 0.216. The molecule has 1 aliphatic carbocycles.